The molecule has 0 atom stereocenters. The first-order chi connectivity index (χ1) is 14.1. The monoisotopic (exact) mass is 394 g/mol. The van der Waals surface area contributed by atoms with Gasteiger partial charge in [0.1, 0.15) is 12.3 Å². The van der Waals surface area contributed by atoms with Crippen molar-refractivity contribution >= 4 is 16.8 Å². The van der Waals surface area contributed by atoms with Crippen LogP contribution in [0.2, 0.25) is 0 Å². The van der Waals surface area contributed by atoms with Crippen molar-refractivity contribution < 1.29 is 9.53 Å². The quantitative estimate of drug-likeness (QED) is 0.651. The Balaban J connectivity index is 1.36. The number of aromatic nitrogens is 3. The number of carbonyl (C=O) groups is 1. The van der Waals surface area contributed by atoms with E-state index >= 15 is 0 Å². The lowest BCUT2D eigenvalue weighted by atomic mass is 10.1. The molecule has 7 heteroatoms. The Kier molecular flexibility index (Phi) is 5.64. The predicted molar refractivity (Wildman–Crippen MR) is 111 cm³/mol. The minimum Gasteiger partial charge on any atom is -0.497 e. The molecule has 152 valence electrons. The van der Waals surface area contributed by atoms with E-state index in [1.165, 1.54) is 4.68 Å². The summed E-state index contributed by atoms with van der Waals surface area (Å²) in [6.07, 6.45) is 7.12. The van der Waals surface area contributed by atoms with Gasteiger partial charge in [-0.2, -0.15) is 5.10 Å². The first-order valence-electron chi connectivity index (χ1n) is 10.1. The Morgan fingerprint density at radius 1 is 1.17 bits per heavy atom. The molecule has 1 aromatic carbocycles. The summed E-state index contributed by atoms with van der Waals surface area (Å²) in [4.78, 5) is 24.6. The van der Waals surface area contributed by atoms with Gasteiger partial charge in [0.2, 0.25) is 5.91 Å². The summed E-state index contributed by atoms with van der Waals surface area (Å²) in [5, 5.41) is 8.44. The summed E-state index contributed by atoms with van der Waals surface area (Å²) in [6.45, 7) is 1.08. The summed E-state index contributed by atoms with van der Waals surface area (Å²) < 4.78 is 8.63. The van der Waals surface area contributed by atoms with Crippen molar-refractivity contribution in [2.24, 2.45) is 0 Å². The van der Waals surface area contributed by atoms with Gasteiger partial charge in [-0.25, -0.2) is 4.68 Å². The highest BCUT2D eigenvalue weighted by Gasteiger charge is 2.14. The molecule has 1 N–H and O–H groups in total. The summed E-state index contributed by atoms with van der Waals surface area (Å²) in [6, 6.07) is 9.60. The molecule has 0 saturated carbocycles. The van der Waals surface area contributed by atoms with Gasteiger partial charge < -0.3 is 14.6 Å². The zero-order valence-corrected chi connectivity index (χ0v) is 16.7. The average molecular weight is 394 g/mol. The normalized spacial score (nSPS) is 13.7. The zero-order chi connectivity index (χ0) is 20.2. The second kappa shape index (κ2) is 8.51. The van der Waals surface area contributed by atoms with Crippen LogP contribution in [0.25, 0.3) is 10.9 Å². The third-order valence-corrected chi connectivity index (χ3v) is 5.47. The van der Waals surface area contributed by atoms with Gasteiger partial charge in [0.25, 0.3) is 5.56 Å². The number of aryl methyl sites for hydroxylation is 2. The van der Waals surface area contributed by atoms with Crippen LogP contribution in [0.1, 0.15) is 30.5 Å². The van der Waals surface area contributed by atoms with Gasteiger partial charge >= 0.3 is 0 Å². The lowest BCUT2D eigenvalue weighted by Crippen LogP contribution is -2.35. The van der Waals surface area contributed by atoms with Crippen molar-refractivity contribution in [1.29, 1.82) is 0 Å². The number of amides is 1. The van der Waals surface area contributed by atoms with Crippen LogP contribution in [-0.2, 0) is 30.7 Å². The molecule has 4 rings (SSSR count). The predicted octanol–water partition coefficient (Wildman–Crippen LogP) is 2.29. The lowest BCUT2D eigenvalue weighted by molar-refractivity contribution is -0.121. The molecule has 0 aliphatic heterocycles. The van der Waals surface area contributed by atoms with Crippen molar-refractivity contribution in [2.75, 3.05) is 13.7 Å². The van der Waals surface area contributed by atoms with Gasteiger partial charge in [-0.15, -0.1) is 0 Å². The van der Waals surface area contributed by atoms with Crippen LogP contribution in [0.15, 0.2) is 41.3 Å². The fraction of sp³-hybridized carbons (Fsp3) is 0.409. The molecule has 2 heterocycles. The van der Waals surface area contributed by atoms with E-state index in [1.807, 2.05) is 30.5 Å². The van der Waals surface area contributed by atoms with E-state index < -0.39 is 0 Å². The van der Waals surface area contributed by atoms with Crippen LogP contribution in [0, 0.1) is 0 Å². The van der Waals surface area contributed by atoms with Crippen molar-refractivity contribution in [2.45, 2.75) is 45.2 Å². The largest absolute Gasteiger partial charge is 0.497 e. The van der Waals surface area contributed by atoms with Crippen molar-refractivity contribution in [3.8, 4) is 5.75 Å². The highest BCUT2D eigenvalue weighted by atomic mass is 16.5. The second-order valence-electron chi connectivity index (χ2n) is 7.46. The zero-order valence-electron chi connectivity index (χ0n) is 16.7. The molecule has 1 amide bonds. The minimum atomic E-state index is -0.203. The number of methoxy groups -OCH3 is 1. The number of rotatable bonds is 6. The number of carbonyl (C=O) groups excluding carboxylic acids is 1. The molecule has 29 heavy (non-hydrogen) atoms. The van der Waals surface area contributed by atoms with Gasteiger partial charge in [-0.05, 0) is 55.5 Å². The SMILES string of the molecule is COc1ccc2c(ccn2CCNC(=O)Cn2nc3c(cc2=O)CCCCC3)c1. The number of nitrogens with one attached hydrogen (secondary N) is 1. The smallest absolute Gasteiger partial charge is 0.267 e. The molecule has 7 nitrogen and oxygen atoms in total. The molecule has 0 saturated heterocycles. The molecule has 2 aromatic heterocycles. The molecular formula is C22H26N4O3. The van der Waals surface area contributed by atoms with E-state index in [-0.39, 0.29) is 18.0 Å². The van der Waals surface area contributed by atoms with E-state index in [2.05, 4.69) is 15.0 Å². The van der Waals surface area contributed by atoms with E-state index in [0.717, 1.165) is 60.0 Å². The van der Waals surface area contributed by atoms with Crippen LogP contribution in [-0.4, -0.2) is 33.9 Å². The Labute approximate surface area is 169 Å². The standard InChI is InChI=1S/C22H26N4O3/c1-29-18-7-8-20-17(13-18)9-11-25(20)12-10-23-21(27)15-26-22(28)14-16-5-3-2-4-6-19(16)24-26/h7-9,11,13-14H,2-6,10,12,15H2,1H3,(H,23,27). The van der Waals surface area contributed by atoms with E-state index in [0.29, 0.717) is 13.1 Å². The van der Waals surface area contributed by atoms with Gasteiger partial charge in [0, 0.05) is 36.3 Å². The van der Waals surface area contributed by atoms with Gasteiger partial charge in [0.05, 0.1) is 12.8 Å². The summed E-state index contributed by atoms with van der Waals surface area (Å²) >= 11 is 0. The van der Waals surface area contributed by atoms with Gasteiger partial charge in [0.15, 0.2) is 0 Å². The maximum atomic E-state index is 12.3. The third-order valence-electron chi connectivity index (χ3n) is 5.47. The van der Waals surface area contributed by atoms with Crippen molar-refractivity contribution in [1.82, 2.24) is 19.7 Å². The number of benzene rings is 1. The fourth-order valence-corrected chi connectivity index (χ4v) is 3.90. The molecular weight excluding hydrogens is 368 g/mol. The molecule has 0 fully saturated rings. The van der Waals surface area contributed by atoms with Crippen LogP contribution < -0.4 is 15.6 Å². The van der Waals surface area contributed by atoms with E-state index in [9.17, 15) is 9.59 Å². The second-order valence-corrected chi connectivity index (χ2v) is 7.46. The van der Waals surface area contributed by atoms with Crippen LogP contribution in [0.5, 0.6) is 5.75 Å². The molecule has 0 bridgehead atoms. The van der Waals surface area contributed by atoms with Gasteiger partial charge in [-0.1, -0.05) is 6.42 Å². The van der Waals surface area contributed by atoms with Gasteiger partial charge in [-0.3, -0.25) is 9.59 Å². The van der Waals surface area contributed by atoms with Crippen LogP contribution >= 0.6 is 0 Å². The summed E-state index contributed by atoms with van der Waals surface area (Å²) in [5.74, 6) is 0.619. The lowest BCUT2D eigenvalue weighted by Gasteiger charge is -2.11. The minimum absolute atomic E-state index is 0.0459. The Bertz CT molecular complexity index is 1080. The topological polar surface area (TPSA) is 78.2 Å². The van der Waals surface area contributed by atoms with Crippen LogP contribution in [0.4, 0.5) is 0 Å². The maximum absolute atomic E-state index is 12.3. The molecule has 3 aromatic rings. The fourth-order valence-electron chi connectivity index (χ4n) is 3.90. The highest BCUT2D eigenvalue weighted by Crippen LogP contribution is 2.21. The molecule has 0 spiro atoms. The summed E-state index contributed by atoms with van der Waals surface area (Å²) in [5.41, 5.74) is 2.89. The van der Waals surface area contributed by atoms with Crippen molar-refractivity contribution in [3.05, 3.63) is 58.1 Å². The Morgan fingerprint density at radius 2 is 2.03 bits per heavy atom. The molecule has 1 aliphatic carbocycles. The Hall–Kier alpha value is -3.09. The first kappa shape index (κ1) is 19.2. The Morgan fingerprint density at radius 3 is 2.90 bits per heavy atom. The molecule has 0 unspecified atom stereocenters. The van der Waals surface area contributed by atoms with E-state index in [4.69, 9.17) is 4.74 Å². The number of hydrogen-bond donors (Lipinski definition) is 1. The molecule has 1 aliphatic rings. The molecule has 0 radical (unpaired) electrons. The third kappa shape index (κ3) is 4.34. The van der Waals surface area contributed by atoms with E-state index in [1.54, 1.807) is 13.2 Å². The van der Waals surface area contributed by atoms with Crippen molar-refractivity contribution in [3.63, 3.8) is 0 Å². The summed E-state index contributed by atoms with van der Waals surface area (Å²) in [7, 11) is 1.65. The number of hydrogen-bond acceptors (Lipinski definition) is 4. The number of ether oxygens (including phenoxy) is 1. The number of nitrogens with zero attached hydrogens (tertiary/aromatic N) is 3. The highest BCUT2D eigenvalue weighted by molar-refractivity contribution is 5.81. The maximum Gasteiger partial charge on any atom is 0.267 e. The number of fused-ring (bicyclic) bond motifs is 2. The van der Waals surface area contributed by atoms with Crippen LogP contribution in [0.3, 0.4) is 0 Å². The first-order valence-corrected chi connectivity index (χ1v) is 10.1. The average Bonchev–Trinajstić information content (AvgIpc) is 2.98.